The molecule has 0 amide bonds. The Kier molecular flexibility index (Phi) is 4.45. The van der Waals surface area contributed by atoms with Gasteiger partial charge in [-0.25, -0.2) is 9.97 Å². The van der Waals surface area contributed by atoms with Crippen LogP contribution in [0, 0.1) is 13.8 Å². The lowest BCUT2D eigenvalue weighted by atomic mass is 10.0. The number of nitrogens with zero attached hydrogens (tertiary/aromatic N) is 3. The quantitative estimate of drug-likeness (QED) is 0.668. The monoisotopic (exact) mass is 389 g/mol. The molecule has 0 fully saturated rings. The highest BCUT2D eigenvalue weighted by Gasteiger charge is 2.35. The molecule has 2 aromatic heterocycles. The van der Waals surface area contributed by atoms with Gasteiger partial charge in [-0.2, -0.15) is 13.2 Å². The molecule has 1 aromatic carbocycles. The van der Waals surface area contributed by atoms with Gasteiger partial charge in [0.2, 0.25) is 5.82 Å². The van der Waals surface area contributed by atoms with Crippen molar-refractivity contribution < 1.29 is 17.6 Å². The fourth-order valence-electron chi connectivity index (χ4n) is 3.66. The summed E-state index contributed by atoms with van der Waals surface area (Å²) in [6.07, 6.45) is -1.47. The standard InChI is InChI=1S/C20H18F3N3O2/c1-11-5-12(2)17-16(6-11)28-10-14(18(17)27)9-26-4-3-15-13(8-26)7-24-19(25-15)20(21,22)23/h5-7,10H,3-4,8-9H2,1-2H3. The van der Waals surface area contributed by atoms with Gasteiger partial charge in [-0.15, -0.1) is 0 Å². The second kappa shape index (κ2) is 6.70. The molecule has 8 heteroatoms. The molecule has 1 aliphatic heterocycles. The maximum Gasteiger partial charge on any atom is 0.451 e. The molecule has 0 spiro atoms. The molecule has 0 aliphatic carbocycles. The van der Waals surface area contributed by atoms with Crippen LogP contribution < -0.4 is 5.43 Å². The van der Waals surface area contributed by atoms with Crippen LogP contribution in [0.25, 0.3) is 11.0 Å². The number of fused-ring (bicyclic) bond motifs is 2. The average Bonchev–Trinajstić information content (AvgIpc) is 2.62. The van der Waals surface area contributed by atoms with Gasteiger partial charge in [0, 0.05) is 43.4 Å². The van der Waals surface area contributed by atoms with Gasteiger partial charge in [0.15, 0.2) is 5.43 Å². The number of halogens is 3. The lowest BCUT2D eigenvalue weighted by molar-refractivity contribution is -0.145. The van der Waals surface area contributed by atoms with E-state index in [4.69, 9.17) is 4.42 Å². The Labute approximate surface area is 158 Å². The third-order valence-electron chi connectivity index (χ3n) is 4.95. The highest BCUT2D eigenvalue weighted by Crippen LogP contribution is 2.28. The molecule has 0 radical (unpaired) electrons. The van der Waals surface area contributed by atoms with Gasteiger partial charge in [-0.05, 0) is 31.0 Å². The lowest BCUT2D eigenvalue weighted by Crippen LogP contribution is -2.33. The zero-order valence-electron chi connectivity index (χ0n) is 15.4. The van der Waals surface area contributed by atoms with Crippen LogP contribution in [0.3, 0.4) is 0 Å². The third kappa shape index (κ3) is 3.40. The molecule has 0 saturated carbocycles. The molecule has 146 valence electrons. The Morgan fingerprint density at radius 2 is 2.04 bits per heavy atom. The molecule has 28 heavy (non-hydrogen) atoms. The van der Waals surface area contributed by atoms with E-state index in [0.717, 1.165) is 11.1 Å². The summed E-state index contributed by atoms with van der Waals surface area (Å²) in [4.78, 5) is 22.0. The number of aryl methyl sites for hydroxylation is 2. The predicted octanol–water partition coefficient (Wildman–Crippen LogP) is 3.78. The zero-order valence-corrected chi connectivity index (χ0v) is 15.4. The van der Waals surface area contributed by atoms with Crippen LogP contribution in [0.15, 0.2) is 33.8 Å². The average molecular weight is 389 g/mol. The van der Waals surface area contributed by atoms with Crippen LogP contribution >= 0.6 is 0 Å². The highest BCUT2D eigenvalue weighted by atomic mass is 19.4. The molecular formula is C20H18F3N3O2. The Bertz CT molecular complexity index is 1120. The largest absolute Gasteiger partial charge is 0.464 e. The van der Waals surface area contributed by atoms with E-state index in [0.29, 0.717) is 53.8 Å². The number of aromatic nitrogens is 2. The highest BCUT2D eigenvalue weighted by molar-refractivity contribution is 5.81. The zero-order chi connectivity index (χ0) is 20.1. The lowest BCUT2D eigenvalue weighted by Gasteiger charge is -2.27. The number of hydrogen-bond acceptors (Lipinski definition) is 5. The Morgan fingerprint density at radius 3 is 2.79 bits per heavy atom. The van der Waals surface area contributed by atoms with E-state index in [1.165, 1.54) is 12.5 Å². The fourth-order valence-corrected chi connectivity index (χ4v) is 3.66. The van der Waals surface area contributed by atoms with Crippen molar-refractivity contribution >= 4 is 11.0 Å². The number of alkyl halides is 3. The molecule has 0 bridgehead atoms. The van der Waals surface area contributed by atoms with Crippen molar-refractivity contribution in [2.24, 2.45) is 0 Å². The summed E-state index contributed by atoms with van der Waals surface area (Å²) >= 11 is 0. The van der Waals surface area contributed by atoms with Gasteiger partial charge >= 0.3 is 6.18 Å². The second-order valence-corrected chi connectivity index (χ2v) is 7.17. The second-order valence-electron chi connectivity index (χ2n) is 7.17. The van der Waals surface area contributed by atoms with Crippen molar-refractivity contribution in [1.29, 1.82) is 0 Å². The van der Waals surface area contributed by atoms with E-state index >= 15 is 0 Å². The summed E-state index contributed by atoms with van der Waals surface area (Å²) in [6, 6.07) is 3.77. The minimum atomic E-state index is -4.55. The van der Waals surface area contributed by atoms with E-state index in [1.54, 1.807) is 0 Å². The first-order valence-corrected chi connectivity index (χ1v) is 8.88. The first-order valence-electron chi connectivity index (χ1n) is 8.88. The molecule has 0 unspecified atom stereocenters. The van der Waals surface area contributed by atoms with Crippen LogP contribution in [0.5, 0.6) is 0 Å². The molecule has 0 saturated heterocycles. The minimum absolute atomic E-state index is 0.0757. The Hall–Kier alpha value is -2.74. The van der Waals surface area contributed by atoms with Gasteiger partial charge < -0.3 is 4.42 Å². The van der Waals surface area contributed by atoms with Crippen molar-refractivity contribution in [1.82, 2.24) is 14.9 Å². The van der Waals surface area contributed by atoms with Gasteiger partial charge in [0.05, 0.1) is 17.3 Å². The summed E-state index contributed by atoms with van der Waals surface area (Å²) in [5, 5.41) is 0.568. The normalized spacial score (nSPS) is 15.0. The SMILES string of the molecule is Cc1cc(C)c2c(=O)c(CN3CCc4nc(C(F)(F)F)ncc4C3)coc2c1. The maximum atomic E-state index is 12.9. The summed E-state index contributed by atoms with van der Waals surface area (Å²) in [5.74, 6) is -1.11. The van der Waals surface area contributed by atoms with Gasteiger partial charge in [-0.1, -0.05) is 6.07 Å². The summed E-state index contributed by atoms with van der Waals surface area (Å²) in [7, 11) is 0. The van der Waals surface area contributed by atoms with Crippen LogP contribution in [0.2, 0.25) is 0 Å². The van der Waals surface area contributed by atoms with Crippen molar-refractivity contribution in [3.63, 3.8) is 0 Å². The van der Waals surface area contributed by atoms with Crippen LogP contribution in [-0.2, 0) is 25.7 Å². The van der Waals surface area contributed by atoms with Crippen molar-refractivity contribution in [3.8, 4) is 0 Å². The molecule has 3 heterocycles. The van der Waals surface area contributed by atoms with Crippen LogP contribution in [0.4, 0.5) is 13.2 Å². The van der Waals surface area contributed by atoms with Crippen LogP contribution in [0.1, 0.15) is 33.8 Å². The molecule has 3 aromatic rings. The van der Waals surface area contributed by atoms with E-state index in [2.05, 4.69) is 9.97 Å². The number of rotatable bonds is 2. The first kappa shape index (κ1) is 18.6. The Morgan fingerprint density at radius 1 is 1.25 bits per heavy atom. The smallest absolute Gasteiger partial charge is 0.451 e. The first-order chi connectivity index (χ1) is 13.2. The summed E-state index contributed by atoms with van der Waals surface area (Å²) in [5.41, 5.74) is 3.95. The van der Waals surface area contributed by atoms with Crippen LogP contribution in [-0.4, -0.2) is 21.4 Å². The third-order valence-corrected chi connectivity index (χ3v) is 4.95. The van der Waals surface area contributed by atoms with E-state index < -0.39 is 12.0 Å². The number of benzene rings is 1. The Balaban J connectivity index is 1.60. The van der Waals surface area contributed by atoms with E-state index in [-0.39, 0.29) is 5.43 Å². The number of hydrogen-bond donors (Lipinski definition) is 0. The van der Waals surface area contributed by atoms with Gasteiger partial charge in [0.25, 0.3) is 0 Å². The molecular weight excluding hydrogens is 371 g/mol. The summed E-state index contributed by atoms with van der Waals surface area (Å²) in [6.45, 7) is 5.07. The van der Waals surface area contributed by atoms with Gasteiger partial charge in [0.1, 0.15) is 5.58 Å². The summed E-state index contributed by atoms with van der Waals surface area (Å²) < 4.78 is 44.0. The van der Waals surface area contributed by atoms with Crippen molar-refractivity contribution in [3.05, 3.63) is 68.6 Å². The topological polar surface area (TPSA) is 59.2 Å². The van der Waals surface area contributed by atoms with Gasteiger partial charge in [-0.3, -0.25) is 9.69 Å². The van der Waals surface area contributed by atoms with E-state index in [9.17, 15) is 18.0 Å². The molecule has 5 nitrogen and oxygen atoms in total. The molecule has 0 atom stereocenters. The predicted molar refractivity (Wildman–Crippen MR) is 96.8 cm³/mol. The molecule has 1 aliphatic rings. The maximum absolute atomic E-state index is 12.9. The minimum Gasteiger partial charge on any atom is -0.464 e. The fraction of sp³-hybridized carbons (Fsp3) is 0.350. The van der Waals surface area contributed by atoms with Crippen molar-refractivity contribution in [2.45, 2.75) is 39.5 Å². The van der Waals surface area contributed by atoms with Crippen molar-refractivity contribution in [2.75, 3.05) is 6.54 Å². The van der Waals surface area contributed by atoms with E-state index in [1.807, 2.05) is 30.9 Å². The molecule has 4 rings (SSSR count). The molecule has 0 N–H and O–H groups in total.